The molecule has 1 saturated carbocycles. The number of hydrogen-bond donors (Lipinski definition) is 1. The molecule has 0 saturated heterocycles. The number of pyridine rings is 1. The molecule has 0 aromatic carbocycles. The number of aliphatic carboxylic acids is 1. The first-order valence-electron chi connectivity index (χ1n) is 7.50. The molecular formula is C16H20N2O3. The third-order valence-corrected chi connectivity index (χ3v) is 4.28. The Bertz CT molecular complexity index is 656. The first-order chi connectivity index (χ1) is 10.1. The molecule has 5 nitrogen and oxygen atoms in total. The first kappa shape index (κ1) is 14.1. The smallest absolute Gasteiger partial charge is 0.328 e. The standard InChI is InChI=1S/C16H20N2O3/c1-2-17-8-7-14-12(10-17)9-11(3-6-15(19)20)16(21)18(14)13-4-5-13/h3,6,9,13H,2,4-5,7-8,10H2,1H3,(H,19,20)/b6-3+. The third-order valence-electron chi connectivity index (χ3n) is 4.28. The Kier molecular flexibility index (Phi) is 3.68. The maximum atomic E-state index is 12.6. The van der Waals surface area contributed by atoms with Gasteiger partial charge in [-0.25, -0.2) is 4.79 Å². The fourth-order valence-electron chi connectivity index (χ4n) is 3.02. The molecule has 2 aliphatic rings. The summed E-state index contributed by atoms with van der Waals surface area (Å²) in [6, 6.07) is 2.19. The van der Waals surface area contributed by atoms with Gasteiger partial charge in [0.1, 0.15) is 0 Å². The van der Waals surface area contributed by atoms with Gasteiger partial charge < -0.3 is 9.67 Å². The summed E-state index contributed by atoms with van der Waals surface area (Å²) in [7, 11) is 0. The lowest BCUT2D eigenvalue weighted by Crippen LogP contribution is -2.36. The molecule has 1 aromatic rings. The Balaban J connectivity index is 2.08. The van der Waals surface area contributed by atoms with Crippen molar-refractivity contribution in [2.45, 2.75) is 38.8 Å². The van der Waals surface area contributed by atoms with E-state index in [1.807, 2.05) is 10.6 Å². The van der Waals surface area contributed by atoms with Crippen LogP contribution >= 0.6 is 0 Å². The van der Waals surface area contributed by atoms with Gasteiger partial charge in [0.2, 0.25) is 0 Å². The van der Waals surface area contributed by atoms with Gasteiger partial charge in [0.25, 0.3) is 5.56 Å². The van der Waals surface area contributed by atoms with E-state index in [1.165, 1.54) is 11.6 Å². The highest BCUT2D eigenvalue weighted by Crippen LogP contribution is 2.36. The SMILES string of the molecule is CCN1CCc2c(cc(/C=C/C(=O)O)c(=O)n2C2CC2)C1. The molecule has 5 heteroatoms. The van der Waals surface area contributed by atoms with Crippen LogP contribution in [0.2, 0.25) is 0 Å². The molecule has 21 heavy (non-hydrogen) atoms. The van der Waals surface area contributed by atoms with Gasteiger partial charge in [0, 0.05) is 42.9 Å². The summed E-state index contributed by atoms with van der Waals surface area (Å²) in [5.41, 5.74) is 2.76. The van der Waals surface area contributed by atoms with Crippen LogP contribution in [0.25, 0.3) is 6.08 Å². The normalized spacial score (nSPS) is 18.9. The van der Waals surface area contributed by atoms with Crippen molar-refractivity contribution < 1.29 is 9.90 Å². The maximum Gasteiger partial charge on any atom is 0.328 e. The van der Waals surface area contributed by atoms with Crippen molar-refractivity contribution in [3.8, 4) is 0 Å². The molecular weight excluding hydrogens is 268 g/mol. The number of aromatic nitrogens is 1. The Labute approximate surface area is 123 Å². The third kappa shape index (κ3) is 2.78. The summed E-state index contributed by atoms with van der Waals surface area (Å²) in [6.45, 7) is 4.95. The van der Waals surface area contributed by atoms with Crippen molar-refractivity contribution in [1.82, 2.24) is 9.47 Å². The summed E-state index contributed by atoms with van der Waals surface area (Å²) in [4.78, 5) is 25.6. The van der Waals surface area contributed by atoms with Gasteiger partial charge in [-0.1, -0.05) is 6.92 Å². The highest BCUT2D eigenvalue weighted by Gasteiger charge is 2.30. The Morgan fingerprint density at radius 3 is 2.86 bits per heavy atom. The fraction of sp³-hybridized carbons (Fsp3) is 0.500. The molecule has 1 aromatic heterocycles. The van der Waals surface area contributed by atoms with E-state index < -0.39 is 5.97 Å². The molecule has 2 heterocycles. The van der Waals surface area contributed by atoms with Crippen LogP contribution in [0, 0.1) is 0 Å². The van der Waals surface area contributed by atoms with E-state index in [2.05, 4.69) is 11.8 Å². The molecule has 1 N–H and O–H groups in total. The monoisotopic (exact) mass is 288 g/mol. The highest BCUT2D eigenvalue weighted by atomic mass is 16.4. The molecule has 1 fully saturated rings. The number of likely N-dealkylation sites (N-methyl/N-ethyl adjacent to an activating group) is 1. The Hall–Kier alpha value is -1.88. The molecule has 0 spiro atoms. The van der Waals surface area contributed by atoms with E-state index in [0.29, 0.717) is 11.6 Å². The molecule has 0 unspecified atom stereocenters. The van der Waals surface area contributed by atoms with Gasteiger partial charge in [0.15, 0.2) is 0 Å². The van der Waals surface area contributed by atoms with Gasteiger partial charge in [-0.2, -0.15) is 0 Å². The number of rotatable bonds is 4. The zero-order valence-corrected chi connectivity index (χ0v) is 12.2. The minimum Gasteiger partial charge on any atom is -0.478 e. The van der Waals surface area contributed by atoms with Crippen LogP contribution in [0.15, 0.2) is 16.9 Å². The van der Waals surface area contributed by atoms with E-state index >= 15 is 0 Å². The molecule has 0 bridgehead atoms. The molecule has 1 aliphatic carbocycles. The zero-order valence-electron chi connectivity index (χ0n) is 12.2. The summed E-state index contributed by atoms with van der Waals surface area (Å²) in [5.74, 6) is -1.03. The lowest BCUT2D eigenvalue weighted by atomic mass is 10.0. The summed E-state index contributed by atoms with van der Waals surface area (Å²) < 4.78 is 1.92. The molecule has 112 valence electrons. The second-order valence-corrected chi connectivity index (χ2v) is 5.77. The first-order valence-corrected chi connectivity index (χ1v) is 7.50. The van der Waals surface area contributed by atoms with Crippen LogP contribution < -0.4 is 5.56 Å². The highest BCUT2D eigenvalue weighted by molar-refractivity contribution is 5.85. The largest absolute Gasteiger partial charge is 0.478 e. The predicted octanol–water partition coefficient (Wildman–Crippen LogP) is 1.66. The van der Waals surface area contributed by atoms with E-state index in [9.17, 15) is 9.59 Å². The van der Waals surface area contributed by atoms with Crippen molar-refractivity contribution >= 4 is 12.0 Å². The van der Waals surface area contributed by atoms with Crippen LogP contribution in [-0.4, -0.2) is 33.6 Å². The average molecular weight is 288 g/mol. The zero-order chi connectivity index (χ0) is 15.0. The van der Waals surface area contributed by atoms with Gasteiger partial charge in [-0.3, -0.25) is 9.69 Å². The van der Waals surface area contributed by atoms with Gasteiger partial charge >= 0.3 is 5.97 Å². The van der Waals surface area contributed by atoms with Crippen molar-refractivity contribution in [3.05, 3.63) is 39.3 Å². The lowest BCUT2D eigenvalue weighted by molar-refractivity contribution is -0.131. The Morgan fingerprint density at radius 2 is 2.24 bits per heavy atom. The minimum absolute atomic E-state index is 0.0429. The molecule has 0 atom stereocenters. The van der Waals surface area contributed by atoms with E-state index in [-0.39, 0.29) is 5.56 Å². The van der Waals surface area contributed by atoms with Crippen LogP contribution in [0.4, 0.5) is 0 Å². The minimum atomic E-state index is -1.03. The second kappa shape index (κ2) is 5.48. The summed E-state index contributed by atoms with van der Waals surface area (Å²) >= 11 is 0. The maximum absolute atomic E-state index is 12.6. The average Bonchev–Trinajstić information content (AvgIpc) is 3.29. The van der Waals surface area contributed by atoms with Crippen molar-refractivity contribution in [3.63, 3.8) is 0 Å². The van der Waals surface area contributed by atoms with Crippen LogP contribution in [0.3, 0.4) is 0 Å². The fourth-order valence-corrected chi connectivity index (χ4v) is 3.02. The van der Waals surface area contributed by atoms with E-state index in [4.69, 9.17) is 5.11 Å². The quantitative estimate of drug-likeness (QED) is 0.856. The number of carbonyl (C=O) groups is 1. The van der Waals surface area contributed by atoms with Crippen LogP contribution in [0.5, 0.6) is 0 Å². The number of carboxylic acids is 1. The van der Waals surface area contributed by atoms with E-state index in [1.54, 1.807) is 0 Å². The topological polar surface area (TPSA) is 62.5 Å². The second-order valence-electron chi connectivity index (χ2n) is 5.77. The molecule has 1 aliphatic heterocycles. The number of nitrogens with zero attached hydrogens (tertiary/aromatic N) is 2. The van der Waals surface area contributed by atoms with Crippen molar-refractivity contribution in [2.75, 3.05) is 13.1 Å². The number of fused-ring (bicyclic) bond motifs is 1. The number of hydrogen-bond acceptors (Lipinski definition) is 3. The summed E-state index contributed by atoms with van der Waals surface area (Å²) in [6.07, 6.45) is 5.47. The lowest BCUT2D eigenvalue weighted by Gasteiger charge is -2.30. The van der Waals surface area contributed by atoms with Gasteiger partial charge in [-0.05, 0) is 37.1 Å². The summed E-state index contributed by atoms with van der Waals surface area (Å²) in [5, 5.41) is 8.77. The molecule has 3 rings (SSSR count). The van der Waals surface area contributed by atoms with E-state index in [0.717, 1.165) is 50.7 Å². The number of carboxylic acid groups (broad SMARTS) is 1. The molecule has 0 radical (unpaired) electrons. The van der Waals surface area contributed by atoms with Crippen LogP contribution in [-0.2, 0) is 17.8 Å². The predicted molar refractivity (Wildman–Crippen MR) is 80.3 cm³/mol. The van der Waals surface area contributed by atoms with Crippen molar-refractivity contribution in [2.24, 2.45) is 0 Å². The van der Waals surface area contributed by atoms with Gasteiger partial charge in [0.05, 0.1) is 0 Å². The van der Waals surface area contributed by atoms with Crippen molar-refractivity contribution in [1.29, 1.82) is 0 Å². The Morgan fingerprint density at radius 1 is 1.48 bits per heavy atom. The van der Waals surface area contributed by atoms with Crippen LogP contribution in [0.1, 0.15) is 42.6 Å². The van der Waals surface area contributed by atoms with Gasteiger partial charge in [-0.15, -0.1) is 0 Å². The molecule has 0 amide bonds.